The average molecular weight is 559 g/mol. The highest BCUT2D eigenvalue weighted by Gasteiger charge is 2.24. The van der Waals surface area contributed by atoms with Crippen molar-refractivity contribution in [1.29, 1.82) is 0 Å². The number of rotatable bonds is 8. The fourth-order valence-corrected chi connectivity index (χ4v) is 5.67. The Labute approximate surface area is 256 Å². The second kappa shape index (κ2) is 12.0. The summed E-state index contributed by atoms with van der Waals surface area (Å²) in [6.07, 6.45) is 0. The van der Waals surface area contributed by atoms with Crippen molar-refractivity contribution in [3.63, 3.8) is 0 Å². The first-order chi connectivity index (χ1) is 20.9. The Morgan fingerprint density at radius 1 is 0.395 bits per heavy atom. The van der Waals surface area contributed by atoms with E-state index in [1.807, 2.05) is 0 Å². The number of nitrogens with zero attached hydrogens (tertiary/aromatic N) is 2. The van der Waals surface area contributed by atoms with Crippen molar-refractivity contribution in [1.82, 2.24) is 0 Å². The van der Waals surface area contributed by atoms with Gasteiger partial charge in [-0.1, -0.05) is 116 Å². The predicted molar refractivity (Wildman–Crippen MR) is 184 cm³/mol. The van der Waals surface area contributed by atoms with Gasteiger partial charge in [0.1, 0.15) is 0 Å². The monoisotopic (exact) mass is 558 g/mol. The number of aryl methyl sites for hydroxylation is 1. The topological polar surface area (TPSA) is 6.48 Å². The van der Waals surface area contributed by atoms with Gasteiger partial charge in [0.2, 0.25) is 0 Å². The van der Waals surface area contributed by atoms with Crippen LogP contribution in [0, 0.1) is 6.92 Å². The molecule has 0 aliphatic carbocycles. The summed E-state index contributed by atoms with van der Waals surface area (Å²) < 4.78 is 0. The maximum Gasteiger partial charge on any atom is 0.0462 e. The molecule has 0 N–H and O–H groups in total. The second-order valence-corrected chi connectivity index (χ2v) is 11.7. The molecular formula is C41H38N2. The Hall–Kier alpha value is -5.08. The van der Waals surface area contributed by atoms with E-state index in [2.05, 4.69) is 195 Å². The molecule has 0 aromatic heterocycles. The molecule has 0 unspecified atom stereocenters. The Kier molecular flexibility index (Phi) is 7.85. The summed E-state index contributed by atoms with van der Waals surface area (Å²) in [5.41, 5.74) is 11.9. The van der Waals surface area contributed by atoms with Crippen LogP contribution in [0.2, 0.25) is 0 Å². The molecule has 0 amide bonds. The van der Waals surface area contributed by atoms with Crippen LogP contribution in [0.4, 0.5) is 28.4 Å². The first-order valence-electron chi connectivity index (χ1n) is 14.9. The van der Waals surface area contributed by atoms with Gasteiger partial charge in [-0.15, -0.1) is 0 Å². The molecule has 6 rings (SSSR count). The molecule has 43 heavy (non-hydrogen) atoms. The molecule has 6 aromatic carbocycles. The van der Waals surface area contributed by atoms with Gasteiger partial charge in [0, 0.05) is 40.9 Å². The molecule has 6 aromatic rings. The fourth-order valence-electron chi connectivity index (χ4n) is 5.67. The first-order valence-corrected chi connectivity index (χ1v) is 14.9. The largest absolute Gasteiger partial charge is 0.345 e. The summed E-state index contributed by atoms with van der Waals surface area (Å²) in [7, 11) is 2.11. The van der Waals surface area contributed by atoms with Crippen molar-refractivity contribution in [3.8, 4) is 11.1 Å². The van der Waals surface area contributed by atoms with Crippen LogP contribution in [0.15, 0.2) is 158 Å². The van der Waals surface area contributed by atoms with Crippen molar-refractivity contribution in [2.75, 3.05) is 16.8 Å². The van der Waals surface area contributed by atoms with Gasteiger partial charge in [-0.2, -0.15) is 0 Å². The number of hydrogen-bond acceptors (Lipinski definition) is 2. The number of anilines is 5. The molecule has 0 spiro atoms. The summed E-state index contributed by atoms with van der Waals surface area (Å²) in [4.78, 5) is 4.54. The highest BCUT2D eigenvalue weighted by atomic mass is 15.1. The van der Waals surface area contributed by atoms with Gasteiger partial charge in [0.15, 0.2) is 0 Å². The Bertz CT molecular complexity index is 1750. The van der Waals surface area contributed by atoms with Crippen LogP contribution in [0.1, 0.15) is 30.5 Å². The van der Waals surface area contributed by atoms with Crippen LogP contribution in [0.3, 0.4) is 0 Å². The van der Waals surface area contributed by atoms with Gasteiger partial charge in [-0.3, -0.25) is 0 Å². The van der Waals surface area contributed by atoms with Crippen molar-refractivity contribution in [2.45, 2.75) is 26.2 Å². The molecule has 0 aliphatic heterocycles. The summed E-state index contributed by atoms with van der Waals surface area (Å²) in [6.45, 7) is 6.73. The van der Waals surface area contributed by atoms with Crippen molar-refractivity contribution in [3.05, 3.63) is 174 Å². The normalized spacial score (nSPS) is 11.3. The molecule has 0 aliphatic rings. The SMILES string of the molecule is Cc1ccc(-c2ccc(N(c3ccccc3)c3ccc(C(C)(C)c4ccc(N(C)c5ccccc5)cc4)cc3)cc2)cc1. The molecule has 2 heteroatoms. The van der Waals surface area contributed by atoms with Gasteiger partial charge in [0.25, 0.3) is 0 Å². The third-order valence-electron chi connectivity index (χ3n) is 8.49. The summed E-state index contributed by atoms with van der Waals surface area (Å²) in [6, 6.07) is 56.6. The third-order valence-corrected chi connectivity index (χ3v) is 8.49. The molecule has 0 atom stereocenters. The van der Waals surface area contributed by atoms with E-state index in [1.54, 1.807) is 0 Å². The summed E-state index contributed by atoms with van der Waals surface area (Å²) >= 11 is 0. The minimum atomic E-state index is -0.143. The molecule has 212 valence electrons. The summed E-state index contributed by atoms with van der Waals surface area (Å²) in [5.74, 6) is 0. The van der Waals surface area contributed by atoms with E-state index < -0.39 is 0 Å². The quantitative estimate of drug-likeness (QED) is 0.183. The fraction of sp³-hybridized carbons (Fsp3) is 0.122. The van der Waals surface area contributed by atoms with E-state index in [-0.39, 0.29) is 5.41 Å². The summed E-state index contributed by atoms with van der Waals surface area (Å²) in [5, 5.41) is 0. The van der Waals surface area contributed by atoms with Crippen molar-refractivity contribution in [2.24, 2.45) is 0 Å². The highest BCUT2D eigenvalue weighted by molar-refractivity contribution is 5.78. The van der Waals surface area contributed by atoms with Gasteiger partial charge in [0.05, 0.1) is 0 Å². The zero-order valence-electron chi connectivity index (χ0n) is 25.4. The van der Waals surface area contributed by atoms with Crippen LogP contribution in [0.5, 0.6) is 0 Å². The number of benzene rings is 6. The van der Waals surface area contributed by atoms with E-state index in [4.69, 9.17) is 0 Å². The molecule has 0 fully saturated rings. The average Bonchev–Trinajstić information content (AvgIpc) is 3.06. The predicted octanol–water partition coefficient (Wildman–Crippen LogP) is 11.2. The van der Waals surface area contributed by atoms with Crippen LogP contribution in [-0.4, -0.2) is 7.05 Å². The number of para-hydroxylation sites is 2. The van der Waals surface area contributed by atoms with Gasteiger partial charge < -0.3 is 9.80 Å². The standard InChI is InChI=1S/C41H38N2/c1-31-15-17-32(18-16-31)33-19-25-39(26-20-33)43(38-13-9-6-10-14-38)40-29-23-35(24-30-40)41(2,3)34-21-27-37(28-22-34)42(4)36-11-7-5-8-12-36/h5-30H,1-4H3. The minimum Gasteiger partial charge on any atom is -0.345 e. The van der Waals surface area contributed by atoms with Gasteiger partial charge in [-0.05, 0) is 89.8 Å². The minimum absolute atomic E-state index is 0.143. The molecule has 0 saturated carbocycles. The Balaban J connectivity index is 1.27. The van der Waals surface area contributed by atoms with E-state index in [0.717, 1.165) is 17.1 Å². The first kappa shape index (κ1) is 28.1. The lowest BCUT2D eigenvalue weighted by Crippen LogP contribution is -2.19. The molecular weight excluding hydrogens is 520 g/mol. The van der Waals surface area contributed by atoms with E-state index in [1.165, 1.54) is 39.2 Å². The van der Waals surface area contributed by atoms with Crippen molar-refractivity contribution >= 4 is 28.4 Å². The highest BCUT2D eigenvalue weighted by Crippen LogP contribution is 2.38. The number of hydrogen-bond donors (Lipinski definition) is 0. The van der Waals surface area contributed by atoms with Crippen LogP contribution in [0.25, 0.3) is 11.1 Å². The lowest BCUT2D eigenvalue weighted by atomic mass is 9.78. The lowest BCUT2D eigenvalue weighted by molar-refractivity contribution is 0.641. The Morgan fingerprint density at radius 2 is 0.744 bits per heavy atom. The molecule has 0 bridgehead atoms. The third kappa shape index (κ3) is 5.96. The molecule has 0 saturated heterocycles. The van der Waals surface area contributed by atoms with Crippen molar-refractivity contribution < 1.29 is 0 Å². The van der Waals surface area contributed by atoms with Gasteiger partial charge in [-0.25, -0.2) is 0 Å². The van der Waals surface area contributed by atoms with E-state index in [0.29, 0.717) is 0 Å². The zero-order chi connectivity index (χ0) is 29.8. The van der Waals surface area contributed by atoms with E-state index in [9.17, 15) is 0 Å². The zero-order valence-corrected chi connectivity index (χ0v) is 25.4. The van der Waals surface area contributed by atoms with Crippen LogP contribution >= 0.6 is 0 Å². The van der Waals surface area contributed by atoms with E-state index >= 15 is 0 Å². The maximum atomic E-state index is 2.32. The van der Waals surface area contributed by atoms with Crippen LogP contribution in [-0.2, 0) is 5.41 Å². The molecule has 0 heterocycles. The maximum absolute atomic E-state index is 2.32. The Morgan fingerprint density at radius 3 is 1.23 bits per heavy atom. The van der Waals surface area contributed by atoms with Gasteiger partial charge >= 0.3 is 0 Å². The molecule has 2 nitrogen and oxygen atoms in total. The molecule has 0 radical (unpaired) electrons. The smallest absolute Gasteiger partial charge is 0.0462 e. The second-order valence-electron chi connectivity index (χ2n) is 11.7. The lowest BCUT2D eigenvalue weighted by Gasteiger charge is -2.29. The van der Waals surface area contributed by atoms with Crippen LogP contribution < -0.4 is 9.80 Å².